The van der Waals surface area contributed by atoms with E-state index in [9.17, 15) is 22.8 Å². The van der Waals surface area contributed by atoms with E-state index in [4.69, 9.17) is 0 Å². The van der Waals surface area contributed by atoms with Crippen molar-refractivity contribution in [1.29, 1.82) is 0 Å². The van der Waals surface area contributed by atoms with E-state index in [-0.39, 0.29) is 22.9 Å². The molecule has 0 saturated carbocycles. The van der Waals surface area contributed by atoms with E-state index >= 15 is 0 Å². The molecule has 0 atom stereocenters. The van der Waals surface area contributed by atoms with Crippen LogP contribution >= 0.6 is 11.3 Å². The number of carbonyl (C=O) groups excluding carboxylic acids is 2. The highest BCUT2D eigenvalue weighted by molar-refractivity contribution is 7.11. The zero-order chi connectivity index (χ0) is 23.0. The number of halogens is 3. The lowest BCUT2D eigenvalue weighted by Gasteiger charge is -2.16. The molecule has 0 saturated heterocycles. The predicted octanol–water partition coefficient (Wildman–Crippen LogP) is 6.29. The first-order valence-corrected chi connectivity index (χ1v) is 10.8. The number of alkyl halides is 3. The highest BCUT2D eigenvalue weighted by atomic mass is 32.1. The monoisotopic (exact) mass is 456 g/mol. The third kappa shape index (κ3) is 4.05. The number of nitrogens with zero attached hydrogens (tertiary/aromatic N) is 1. The summed E-state index contributed by atoms with van der Waals surface area (Å²) in [6.45, 7) is 4.07. The zero-order valence-corrected chi connectivity index (χ0v) is 18.1. The van der Waals surface area contributed by atoms with Gasteiger partial charge in [-0.05, 0) is 53.3 Å². The molecule has 2 aromatic carbocycles. The van der Waals surface area contributed by atoms with Gasteiger partial charge in [-0.25, -0.2) is 4.90 Å². The van der Waals surface area contributed by atoms with E-state index in [1.54, 1.807) is 29.6 Å². The van der Waals surface area contributed by atoms with Gasteiger partial charge in [0, 0.05) is 10.6 Å². The quantitative estimate of drug-likeness (QED) is 0.459. The van der Waals surface area contributed by atoms with Gasteiger partial charge in [-0.3, -0.25) is 9.59 Å². The predicted molar refractivity (Wildman–Crippen MR) is 119 cm³/mol. The number of benzene rings is 2. The topological polar surface area (TPSA) is 49.4 Å². The molecule has 1 N–H and O–H groups in total. The van der Waals surface area contributed by atoms with Crippen LogP contribution in [0.3, 0.4) is 0 Å². The second-order valence-corrected chi connectivity index (χ2v) is 8.57. The molecule has 32 heavy (non-hydrogen) atoms. The molecule has 1 aromatic heterocycles. The Morgan fingerprint density at radius 1 is 0.938 bits per heavy atom. The number of carbonyl (C=O) groups is 2. The van der Waals surface area contributed by atoms with Crippen molar-refractivity contribution in [1.82, 2.24) is 0 Å². The van der Waals surface area contributed by atoms with E-state index in [0.29, 0.717) is 10.6 Å². The highest BCUT2D eigenvalue weighted by Crippen LogP contribution is 2.37. The Morgan fingerprint density at radius 2 is 1.66 bits per heavy atom. The lowest BCUT2D eigenvalue weighted by atomic mass is 10.0. The van der Waals surface area contributed by atoms with E-state index in [1.807, 2.05) is 26.0 Å². The minimum atomic E-state index is -4.53. The van der Waals surface area contributed by atoms with Gasteiger partial charge in [0.15, 0.2) is 0 Å². The standard InChI is InChI=1S/C24H19F3N2O2S/c1-14(2)15-8-10-18(11-9-15)29-22(30)20(19-7-4-12-32-19)21(23(29)31)28-17-6-3-5-16(13-17)24(25,26)27/h3-14,28H,1-2H3. The third-order valence-corrected chi connectivity index (χ3v) is 6.02. The molecule has 0 radical (unpaired) electrons. The SMILES string of the molecule is CC(C)c1ccc(N2C(=O)C(Nc3cccc(C(F)(F)F)c3)=C(c3cccs3)C2=O)cc1. The van der Waals surface area contributed by atoms with Crippen LogP contribution in [0.2, 0.25) is 0 Å². The van der Waals surface area contributed by atoms with Crippen molar-refractivity contribution >= 4 is 40.1 Å². The molecule has 0 bridgehead atoms. The molecule has 0 spiro atoms. The second-order valence-electron chi connectivity index (χ2n) is 7.62. The fraction of sp³-hybridized carbons (Fsp3) is 0.167. The summed E-state index contributed by atoms with van der Waals surface area (Å²) < 4.78 is 39.4. The van der Waals surface area contributed by atoms with E-state index < -0.39 is 23.6 Å². The number of imide groups is 1. The van der Waals surface area contributed by atoms with E-state index in [1.165, 1.54) is 23.5 Å². The van der Waals surface area contributed by atoms with Crippen LogP contribution in [0.1, 0.15) is 35.8 Å². The van der Waals surface area contributed by atoms with Crippen LogP contribution in [-0.2, 0) is 15.8 Å². The number of rotatable bonds is 5. The average molecular weight is 456 g/mol. The van der Waals surface area contributed by atoms with Gasteiger partial charge in [0.1, 0.15) is 5.70 Å². The summed E-state index contributed by atoms with van der Waals surface area (Å²) in [4.78, 5) is 28.2. The molecule has 0 aliphatic carbocycles. The summed E-state index contributed by atoms with van der Waals surface area (Å²) >= 11 is 1.27. The van der Waals surface area contributed by atoms with Crippen LogP contribution in [0.4, 0.5) is 24.5 Å². The van der Waals surface area contributed by atoms with Crippen molar-refractivity contribution in [3.8, 4) is 0 Å². The Kier molecular flexibility index (Phi) is 5.64. The summed E-state index contributed by atoms with van der Waals surface area (Å²) in [6, 6.07) is 15.1. The smallest absolute Gasteiger partial charge is 0.350 e. The fourth-order valence-electron chi connectivity index (χ4n) is 3.46. The number of thiophene rings is 1. The van der Waals surface area contributed by atoms with Crippen molar-refractivity contribution in [3.05, 3.63) is 87.7 Å². The van der Waals surface area contributed by atoms with Crippen molar-refractivity contribution in [3.63, 3.8) is 0 Å². The minimum Gasteiger partial charge on any atom is -0.350 e. The molecule has 164 valence electrons. The number of amides is 2. The second kappa shape index (κ2) is 8.27. The Labute approximate surface area is 187 Å². The summed E-state index contributed by atoms with van der Waals surface area (Å²) in [5, 5.41) is 4.54. The molecule has 0 fully saturated rings. The Balaban J connectivity index is 1.75. The number of anilines is 2. The molecule has 1 aliphatic heterocycles. The van der Waals surface area contributed by atoms with Gasteiger partial charge in [0.2, 0.25) is 0 Å². The molecule has 2 amide bonds. The molecule has 4 rings (SSSR count). The third-order valence-electron chi connectivity index (χ3n) is 5.13. The lowest BCUT2D eigenvalue weighted by molar-refractivity contribution is -0.137. The van der Waals surface area contributed by atoms with Crippen LogP contribution in [0.5, 0.6) is 0 Å². The van der Waals surface area contributed by atoms with Crippen LogP contribution in [0.15, 0.2) is 71.7 Å². The molecule has 4 nitrogen and oxygen atoms in total. The van der Waals surface area contributed by atoms with Gasteiger partial charge in [-0.2, -0.15) is 13.2 Å². The molecule has 2 heterocycles. The first-order chi connectivity index (χ1) is 15.2. The fourth-order valence-corrected chi connectivity index (χ4v) is 4.22. The maximum atomic E-state index is 13.3. The van der Waals surface area contributed by atoms with Gasteiger partial charge in [0.05, 0.1) is 16.8 Å². The van der Waals surface area contributed by atoms with Crippen molar-refractivity contribution < 1.29 is 22.8 Å². The largest absolute Gasteiger partial charge is 0.416 e. The Morgan fingerprint density at radius 3 is 2.25 bits per heavy atom. The van der Waals surface area contributed by atoms with Gasteiger partial charge in [0.25, 0.3) is 11.8 Å². The van der Waals surface area contributed by atoms with E-state index in [2.05, 4.69) is 5.32 Å². The van der Waals surface area contributed by atoms with Gasteiger partial charge < -0.3 is 5.32 Å². The first-order valence-electron chi connectivity index (χ1n) is 9.88. The lowest BCUT2D eigenvalue weighted by Crippen LogP contribution is -2.32. The molecule has 1 aliphatic rings. The molecule has 0 unspecified atom stereocenters. The minimum absolute atomic E-state index is 0.0512. The zero-order valence-electron chi connectivity index (χ0n) is 17.2. The summed E-state index contributed by atoms with van der Waals surface area (Å²) in [7, 11) is 0. The summed E-state index contributed by atoms with van der Waals surface area (Å²) in [5.41, 5.74) is 0.765. The summed E-state index contributed by atoms with van der Waals surface area (Å²) in [6.07, 6.45) is -4.53. The molecular weight excluding hydrogens is 437 g/mol. The first kappa shape index (κ1) is 21.8. The highest BCUT2D eigenvalue weighted by Gasteiger charge is 2.41. The maximum absolute atomic E-state index is 13.3. The Bertz CT molecular complexity index is 1200. The van der Waals surface area contributed by atoms with Crippen molar-refractivity contribution in [2.24, 2.45) is 0 Å². The average Bonchev–Trinajstić information content (AvgIpc) is 3.35. The molecule has 8 heteroatoms. The molecular formula is C24H19F3N2O2S. The summed E-state index contributed by atoms with van der Waals surface area (Å²) in [5.74, 6) is -0.857. The molecule has 3 aromatic rings. The number of hydrogen-bond acceptors (Lipinski definition) is 4. The maximum Gasteiger partial charge on any atom is 0.416 e. The van der Waals surface area contributed by atoms with Gasteiger partial charge >= 0.3 is 6.18 Å². The van der Waals surface area contributed by atoms with E-state index in [0.717, 1.165) is 22.6 Å². The van der Waals surface area contributed by atoms with Crippen molar-refractivity contribution in [2.45, 2.75) is 25.9 Å². The van der Waals surface area contributed by atoms with Crippen LogP contribution in [0.25, 0.3) is 5.57 Å². The van der Waals surface area contributed by atoms with Crippen LogP contribution in [-0.4, -0.2) is 11.8 Å². The number of hydrogen-bond donors (Lipinski definition) is 1. The normalized spacial score (nSPS) is 14.6. The van der Waals surface area contributed by atoms with Crippen LogP contribution in [0, 0.1) is 0 Å². The van der Waals surface area contributed by atoms with Crippen LogP contribution < -0.4 is 10.2 Å². The Hall–Kier alpha value is -3.39. The number of nitrogens with one attached hydrogen (secondary N) is 1. The van der Waals surface area contributed by atoms with Gasteiger partial charge in [-0.15, -0.1) is 11.3 Å². The van der Waals surface area contributed by atoms with Gasteiger partial charge in [-0.1, -0.05) is 38.1 Å². The van der Waals surface area contributed by atoms with Crippen molar-refractivity contribution in [2.75, 3.05) is 10.2 Å².